The number of carbonyl (C=O) groups excluding carboxylic acids is 1. The second kappa shape index (κ2) is 13.0. The quantitative estimate of drug-likeness (QED) is 0.473. The number of ketones is 1. The average molecular weight is 473 g/mol. The van der Waals surface area contributed by atoms with Gasteiger partial charge in [0.05, 0.1) is 12.3 Å². The lowest BCUT2D eigenvalue weighted by Crippen LogP contribution is -2.24. The minimum absolute atomic E-state index is 0.380. The third kappa shape index (κ3) is 8.18. The molecule has 0 aliphatic carbocycles. The molecule has 0 amide bonds. The predicted molar refractivity (Wildman–Crippen MR) is 140 cm³/mol. The monoisotopic (exact) mass is 472 g/mol. The van der Waals surface area contributed by atoms with Crippen molar-refractivity contribution in [3.8, 4) is 5.75 Å². The molecule has 35 heavy (non-hydrogen) atoms. The Morgan fingerprint density at radius 2 is 1.77 bits per heavy atom. The molecule has 6 heteroatoms. The maximum Gasteiger partial charge on any atom is 0.134 e. The lowest BCUT2D eigenvalue weighted by atomic mass is 10.1. The molecular weight excluding hydrogens is 436 g/mol. The molecule has 0 unspecified atom stereocenters. The summed E-state index contributed by atoms with van der Waals surface area (Å²) in [6.07, 6.45) is 7.54. The Hall–Kier alpha value is -3.25. The second-order valence-electron chi connectivity index (χ2n) is 9.21. The van der Waals surface area contributed by atoms with E-state index in [9.17, 15) is 4.79 Å². The number of Topliss-reactive ketones (excluding diaryl/α,β-unsaturated/α-hetero) is 1. The highest BCUT2D eigenvalue weighted by molar-refractivity contribution is 5.78. The van der Waals surface area contributed by atoms with Crippen LogP contribution in [0.4, 0.5) is 11.5 Å². The summed E-state index contributed by atoms with van der Waals surface area (Å²) in [5, 5.41) is 3.37. The van der Waals surface area contributed by atoms with Gasteiger partial charge in [-0.1, -0.05) is 31.2 Å². The smallest absolute Gasteiger partial charge is 0.134 e. The van der Waals surface area contributed by atoms with Crippen molar-refractivity contribution >= 4 is 17.3 Å². The highest BCUT2D eigenvalue weighted by atomic mass is 16.5. The van der Waals surface area contributed by atoms with Gasteiger partial charge in [0, 0.05) is 37.6 Å². The number of aromatic nitrogens is 2. The number of rotatable bonds is 1. The number of fused-ring (bicyclic) bond motifs is 13. The zero-order chi connectivity index (χ0) is 24.3. The topological polar surface area (TPSA) is 67.3 Å². The van der Waals surface area contributed by atoms with Crippen LogP contribution in [0, 0.1) is 0 Å². The van der Waals surface area contributed by atoms with Crippen molar-refractivity contribution in [1.82, 2.24) is 14.9 Å². The van der Waals surface area contributed by atoms with Gasteiger partial charge in [-0.25, -0.2) is 9.97 Å². The van der Waals surface area contributed by atoms with Crippen molar-refractivity contribution in [3.05, 3.63) is 77.7 Å². The van der Waals surface area contributed by atoms with E-state index < -0.39 is 0 Å². The number of hydrogen-bond donors (Lipinski definition) is 1. The van der Waals surface area contributed by atoms with Gasteiger partial charge in [-0.15, -0.1) is 0 Å². The third-order valence-electron chi connectivity index (χ3n) is 6.38. The largest absolute Gasteiger partial charge is 0.494 e. The standard InChI is InChI=1S/C29H36N4O2/c1-2-33-16-7-11-27(34)10-4-3-5-17-35-28-14-12-25(13-15-28)32-29-20-26(30-22-31-29)19-23-8-6-9-24(18-23)21-33/h6,8-9,12-15,18,20,22H,2-5,7,10-11,16-17,19,21H2,1H3,(H,30,31,32). The maximum absolute atomic E-state index is 12.3. The van der Waals surface area contributed by atoms with Crippen molar-refractivity contribution < 1.29 is 9.53 Å². The van der Waals surface area contributed by atoms with E-state index in [2.05, 4.69) is 51.4 Å². The van der Waals surface area contributed by atoms with E-state index in [1.54, 1.807) is 6.33 Å². The van der Waals surface area contributed by atoms with Gasteiger partial charge in [0.25, 0.3) is 0 Å². The van der Waals surface area contributed by atoms with Crippen molar-refractivity contribution in [2.24, 2.45) is 0 Å². The van der Waals surface area contributed by atoms with Crippen LogP contribution in [-0.4, -0.2) is 40.3 Å². The summed E-state index contributed by atoms with van der Waals surface area (Å²) in [6.45, 7) is 5.66. The van der Waals surface area contributed by atoms with E-state index in [-0.39, 0.29) is 0 Å². The zero-order valence-electron chi connectivity index (χ0n) is 20.7. The molecule has 0 saturated heterocycles. The van der Waals surface area contributed by atoms with E-state index in [4.69, 9.17) is 4.74 Å². The van der Waals surface area contributed by atoms with Gasteiger partial charge in [0.1, 0.15) is 23.7 Å². The van der Waals surface area contributed by atoms with E-state index in [0.29, 0.717) is 25.2 Å². The first kappa shape index (κ1) is 24.9. The minimum atomic E-state index is 0.380. The first-order valence-electron chi connectivity index (χ1n) is 12.8. The van der Waals surface area contributed by atoms with Crippen molar-refractivity contribution in [2.45, 2.75) is 58.4 Å². The summed E-state index contributed by atoms with van der Waals surface area (Å²) in [5.41, 5.74) is 4.45. The summed E-state index contributed by atoms with van der Waals surface area (Å²) >= 11 is 0. The Balaban J connectivity index is 1.49. The van der Waals surface area contributed by atoms with Gasteiger partial charge >= 0.3 is 0 Å². The molecule has 0 atom stereocenters. The number of nitrogens with one attached hydrogen (secondary N) is 1. The van der Waals surface area contributed by atoms with Crippen LogP contribution in [0.2, 0.25) is 0 Å². The van der Waals surface area contributed by atoms with Crippen LogP contribution >= 0.6 is 0 Å². The highest BCUT2D eigenvalue weighted by Gasteiger charge is 2.09. The lowest BCUT2D eigenvalue weighted by molar-refractivity contribution is -0.119. The van der Waals surface area contributed by atoms with E-state index in [1.165, 1.54) is 11.1 Å². The zero-order valence-corrected chi connectivity index (χ0v) is 20.7. The Bertz CT molecular complexity index is 1080. The van der Waals surface area contributed by atoms with Crippen molar-refractivity contribution in [2.75, 3.05) is 25.0 Å². The van der Waals surface area contributed by atoms with Gasteiger partial charge in [-0.3, -0.25) is 9.69 Å². The molecule has 6 nitrogen and oxygen atoms in total. The van der Waals surface area contributed by atoms with Gasteiger partial charge in [0.2, 0.25) is 0 Å². The minimum Gasteiger partial charge on any atom is -0.494 e. The number of benzene rings is 2. The molecule has 0 saturated carbocycles. The summed E-state index contributed by atoms with van der Waals surface area (Å²) in [7, 11) is 0. The van der Waals surface area contributed by atoms with Crippen LogP contribution < -0.4 is 10.1 Å². The molecule has 2 aromatic carbocycles. The summed E-state index contributed by atoms with van der Waals surface area (Å²) in [6, 6.07) is 18.7. The van der Waals surface area contributed by atoms with Crippen molar-refractivity contribution in [3.63, 3.8) is 0 Å². The van der Waals surface area contributed by atoms with Crippen LogP contribution in [0.5, 0.6) is 5.75 Å². The molecule has 1 N–H and O–H groups in total. The Morgan fingerprint density at radius 3 is 2.63 bits per heavy atom. The van der Waals surface area contributed by atoms with Gasteiger partial charge in [-0.2, -0.15) is 0 Å². The molecule has 2 aliphatic heterocycles. The molecule has 2 aliphatic rings. The number of anilines is 2. The SMILES string of the molecule is CCN1CCCC(=O)CCCCCOc2ccc(cc2)Nc2cc(ncn2)Cc2cccc(c2)C1. The molecule has 6 bridgehead atoms. The Morgan fingerprint density at radius 1 is 0.943 bits per heavy atom. The van der Waals surface area contributed by atoms with E-state index in [1.807, 2.05) is 30.3 Å². The van der Waals surface area contributed by atoms with Gasteiger partial charge < -0.3 is 10.1 Å². The highest BCUT2D eigenvalue weighted by Crippen LogP contribution is 2.21. The van der Waals surface area contributed by atoms with Gasteiger partial charge in [0.15, 0.2) is 0 Å². The molecular formula is C29H36N4O2. The molecule has 5 rings (SSSR count). The fraction of sp³-hybridized carbons (Fsp3) is 0.414. The molecule has 0 fully saturated rings. The molecule has 184 valence electrons. The fourth-order valence-corrected chi connectivity index (χ4v) is 4.42. The molecule has 3 heterocycles. The molecule has 3 aromatic rings. The number of hydrogen-bond acceptors (Lipinski definition) is 6. The molecule has 0 spiro atoms. The van der Waals surface area contributed by atoms with Crippen LogP contribution in [0.3, 0.4) is 0 Å². The lowest BCUT2D eigenvalue weighted by Gasteiger charge is -2.20. The van der Waals surface area contributed by atoms with E-state index >= 15 is 0 Å². The van der Waals surface area contributed by atoms with Gasteiger partial charge in [-0.05, 0) is 74.2 Å². The molecule has 0 radical (unpaired) electrons. The third-order valence-corrected chi connectivity index (χ3v) is 6.38. The first-order chi connectivity index (χ1) is 17.2. The predicted octanol–water partition coefficient (Wildman–Crippen LogP) is 5.94. The molecule has 1 aromatic heterocycles. The maximum atomic E-state index is 12.3. The van der Waals surface area contributed by atoms with Crippen LogP contribution in [0.1, 0.15) is 62.3 Å². The van der Waals surface area contributed by atoms with E-state index in [0.717, 1.165) is 74.7 Å². The van der Waals surface area contributed by atoms with Crippen LogP contribution in [0.15, 0.2) is 60.9 Å². The summed E-state index contributed by atoms with van der Waals surface area (Å²) in [5.74, 6) is 2.01. The van der Waals surface area contributed by atoms with Crippen LogP contribution in [0.25, 0.3) is 0 Å². The Kier molecular flexibility index (Phi) is 9.24. The summed E-state index contributed by atoms with van der Waals surface area (Å²) < 4.78 is 5.87. The van der Waals surface area contributed by atoms with Crippen LogP contribution in [-0.2, 0) is 17.8 Å². The number of ether oxygens (including phenoxy) is 1. The normalized spacial score (nSPS) is 16.7. The fourth-order valence-electron chi connectivity index (χ4n) is 4.42. The first-order valence-corrected chi connectivity index (χ1v) is 12.8. The second-order valence-corrected chi connectivity index (χ2v) is 9.21. The van der Waals surface area contributed by atoms with Crippen molar-refractivity contribution in [1.29, 1.82) is 0 Å². The average Bonchev–Trinajstić information content (AvgIpc) is 2.86. The number of nitrogens with zero attached hydrogens (tertiary/aromatic N) is 3. The Labute approximate surface area is 208 Å². The summed E-state index contributed by atoms with van der Waals surface area (Å²) in [4.78, 5) is 23.6. The number of carbonyl (C=O) groups is 1.